The van der Waals surface area contributed by atoms with Crippen LogP contribution in [0.3, 0.4) is 0 Å². The van der Waals surface area contributed by atoms with Crippen molar-refractivity contribution in [3.8, 4) is 27.9 Å². The zero-order valence-corrected chi connectivity index (χ0v) is 22.6. The first-order valence-corrected chi connectivity index (χ1v) is 12.8. The standard InChI is InChI=1S/C32H28N6O3/c1-4-28(39)35-25-10-8-9-22(17-25)23-18-27(30(33)34-19-23)21-13-15-24(16-14-21)36-31(40)29-20(2)37(3)38(32(29)41)26-11-6-5-7-12-26/h4-19H,1H2,2-3H3,(H2,33,34)(H,35,39)(H,36,40). The molecule has 2 aromatic heterocycles. The Hall–Kier alpha value is -5.70. The summed E-state index contributed by atoms with van der Waals surface area (Å²) in [6, 6.07) is 25.6. The molecule has 5 aromatic rings. The Bertz CT molecular complexity index is 1840. The van der Waals surface area contributed by atoms with Gasteiger partial charge in [-0.15, -0.1) is 0 Å². The first-order chi connectivity index (χ1) is 19.8. The van der Waals surface area contributed by atoms with Gasteiger partial charge in [0, 0.05) is 35.7 Å². The van der Waals surface area contributed by atoms with Crippen molar-refractivity contribution in [1.82, 2.24) is 14.3 Å². The summed E-state index contributed by atoms with van der Waals surface area (Å²) in [5, 5.41) is 5.59. The summed E-state index contributed by atoms with van der Waals surface area (Å²) in [4.78, 5) is 42.4. The summed E-state index contributed by atoms with van der Waals surface area (Å²) in [7, 11) is 1.75. The van der Waals surface area contributed by atoms with Crippen LogP contribution in [0.2, 0.25) is 0 Å². The van der Waals surface area contributed by atoms with E-state index in [1.54, 1.807) is 43.0 Å². The molecule has 0 saturated heterocycles. The van der Waals surface area contributed by atoms with Crippen LogP contribution >= 0.6 is 0 Å². The molecule has 0 spiro atoms. The second-order valence-electron chi connectivity index (χ2n) is 9.40. The van der Waals surface area contributed by atoms with Gasteiger partial charge in [0.1, 0.15) is 11.4 Å². The average molecular weight is 545 g/mol. The first kappa shape index (κ1) is 26.9. The quantitative estimate of drug-likeness (QED) is 0.244. The third-order valence-corrected chi connectivity index (χ3v) is 6.80. The largest absolute Gasteiger partial charge is 0.383 e. The summed E-state index contributed by atoms with van der Waals surface area (Å²) in [5.41, 5.74) is 11.5. The second kappa shape index (κ2) is 11.2. The Morgan fingerprint density at radius 2 is 1.61 bits per heavy atom. The third-order valence-electron chi connectivity index (χ3n) is 6.80. The number of nitrogens with two attached hydrogens (primary N) is 1. The highest BCUT2D eigenvalue weighted by Crippen LogP contribution is 2.31. The number of anilines is 3. The summed E-state index contributed by atoms with van der Waals surface area (Å²) in [5.74, 6) is -0.435. The predicted octanol–water partition coefficient (Wildman–Crippen LogP) is 5.17. The van der Waals surface area contributed by atoms with Gasteiger partial charge in [-0.1, -0.05) is 49.0 Å². The molecule has 0 aliphatic carbocycles. The lowest BCUT2D eigenvalue weighted by Crippen LogP contribution is -2.25. The lowest BCUT2D eigenvalue weighted by Gasteiger charge is -2.11. The van der Waals surface area contributed by atoms with Crippen molar-refractivity contribution in [1.29, 1.82) is 0 Å². The number of nitrogens with zero attached hydrogens (tertiary/aromatic N) is 3. The highest BCUT2D eigenvalue weighted by Gasteiger charge is 2.22. The van der Waals surface area contributed by atoms with Crippen molar-refractivity contribution in [2.45, 2.75) is 6.92 Å². The van der Waals surface area contributed by atoms with Crippen LogP contribution in [0.5, 0.6) is 0 Å². The number of para-hydroxylation sites is 1. The van der Waals surface area contributed by atoms with E-state index in [2.05, 4.69) is 22.2 Å². The van der Waals surface area contributed by atoms with Crippen LogP contribution in [0.1, 0.15) is 16.1 Å². The van der Waals surface area contributed by atoms with Crippen molar-refractivity contribution in [2.75, 3.05) is 16.4 Å². The van der Waals surface area contributed by atoms with Gasteiger partial charge in [0.05, 0.1) is 11.4 Å². The maximum Gasteiger partial charge on any atom is 0.284 e. The summed E-state index contributed by atoms with van der Waals surface area (Å²) >= 11 is 0. The lowest BCUT2D eigenvalue weighted by molar-refractivity contribution is -0.111. The molecule has 9 nitrogen and oxygen atoms in total. The molecule has 0 fully saturated rings. The maximum atomic E-state index is 13.2. The van der Waals surface area contributed by atoms with E-state index in [1.165, 1.54) is 10.8 Å². The highest BCUT2D eigenvalue weighted by atomic mass is 16.2. The number of nitrogen functional groups attached to an aromatic ring is 1. The van der Waals surface area contributed by atoms with Gasteiger partial charge in [0.25, 0.3) is 11.5 Å². The van der Waals surface area contributed by atoms with Crippen LogP contribution in [0.25, 0.3) is 27.9 Å². The van der Waals surface area contributed by atoms with Crippen molar-refractivity contribution < 1.29 is 9.59 Å². The van der Waals surface area contributed by atoms with E-state index >= 15 is 0 Å². The Morgan fingerprint density at radius 3 is 2.32 bits per heavy atom. The van der Waals surface area contributed by atoms with Crippen molar-refractivity contribution >= 4 is 29.0 Å². The SMILES string of the molecule is C=CC(=O)Nc1cccc(-c2cnc(N)c(-c3ccc(NC(=O)c4c(C)n(C)n(-c5ccccc5)c4=O)cc3)c2)c1. The molecule has 9 heteroatoms. The van der Waals surface area contributed by atoms with Gasteiger partial charge in [-0.05, 0) is 66.6 Å². The van der Waals surface area contributed by atoms with E-state index in [-0.39, 0.29) is 11.5 Å². The van der Waals surface area contributed by atoms with E-state index in [0.29, 0.717) is 34.1 Å². The molecular weight excluding hydrogens is 516 g/mol. The number of nitrogens with one attached hydrogen (secondary N) is 2. The lowest BCUT2D eigenvalue weighted by atomic mass is 10.0. The topological polar surface area (TPSA) is 124 Å². The van der Waals surface area contributed by atoms with E-state index in [4.69, 9.17) is 5.73 Å². The van der Waals surface area contributed by atoms with Gasteiger partial charge in [-0.3, -0.25) is 19.1 Å². The molecule has 0 aliphatic heterocycles. The Balaban J connectivity index is 1.39. The Morgan fingerprint density at radius 1 is 0.878 bits per heavy atom. The number of pyridine rings is 1. The highest BCUT2D eigenvalue weighted by molar-refractivity contribution is 6.05. The summed E-state index contributed by atoms with van der Waals surface area (Å²) in [6.45, 7) is 5.22. The van der Waals surface area contributed by atoms with Crippen LogP contribution in [0.15, 0.2) is 109 Å². The fraction of sp³-hybridized carbons (Fsp3) is 0.0625. The van der Waals surface area contributed by atoms with E-state index in [9.17, 15) is 14.4 Å². The number of hydrogen-bond acceptors (Lipinski definition) is 5. The Kier molecular flexibility index (Phi) is 7.34. The van der Waals surface area contributed by atoms with Crippen LogP contribution in [-0.2, 0) is 11.8 Å². The van der Waals surface area contributed by atoms with Crippen LogP contribution in [-0.4, -0.2) is 26.2 Å². The number of amides is 2. The fourth-order valence-electron chi connectivity index (χ4n) is 4.59. The Labute approximate surface area is 236 Å². The minimum atomic E-state index is -0.489. The van der Waals surface area contributed by atoms with Crippen molar-refractivity contribution in [3.63, 3.8) is 0 Å². The molecule has 0 bridgehead atoms. The molecular formula is C32H28N6O3. The molecule has 3 aromatic carbocycles. The summed E-state index contributed by atoms with van der Waals surface area (Å²) < 4.78 is 3.14. The van der Waals surface area contributed by atoms with Gasteiger partial charge in [-0.2, -0.15) is 0 Å². The first-order valence-electron chi connectivity index (χ1n) is 12.8. The second-order valence-corrected chi connectivity index (χ2v) is 9.40. The van der Waals surface area contributed by atoms with Crippen LogP contribution < -0.4 is 21.9 Å². The third kappa shape index (κ3) is 5.41. The minimum Gasteiger partial charge on any atom is -0.383 e. The molecule has 0 aliphatic rings. The molecule has 5 rings (SSSR count). The van der Waals surface area contributed by atoms with Gasteiger partial charge in [0.15, 0.2) is 0 Å². The molecule has 2 heterocycles. The molecule has 0 unspecified atom stereocenters. The van der Waals surface area contributed by atoms with Crippen LogP contribution in [0.4, 0.5) is 17.2 Å². The zero-order valence-electron chi connectivity index (χ0n) is 22.6. The fourth-order valence-corrected chi connectivity index (χ4v) is 4.59. The van der Waals surface area contributed by atoms with E-state index in [0.717, 1.165) is 16.7 Å². The smallest absolute Gasteiger partial charge is 0.284 e. The number of benzene rings is 3. The van der Waals surface area contributed by atoms with Gasteiger partial charge < -0.3 is 16.4 Å². The van der Waals surface area contributed by atoms with Crippen LogP contribution in [0, 0.1) is 6.92 Å². The predicted molar refractivity (Wildman–Crippen MR) is 162 cm³/mol. The molecule has 0 atom stereocenters. The molecule has 0 saturated carbocycles. The van der Waals surface area contributed by atoms with Gasteiger partial charge >= 0.3 is 0 Å². The van der Waals surface area contributed by atoms with E-state index < -0.39 is 11.5 Å². The molecule has 4 N–H and O–H groups in total. The summed E-state index contributed by atoms with van der Waals surface area (Å²) in [6.07, 6.45) is 2.88. The zero-order chi connectivity index (χ0) is 29.1. The molecule has 0 radical (unpaired) electrons. The van der Waals surface area contributed by atoms with Crippen molar-refractivity contribution in [2.24, 2.45) is 7.05 Å². The number of rotatable bonds is 7. The maximum absolute atomic E-state index is 13.2. The van der Waals surface area contributed by atoms with E-state index in [1.807, 2.05) is 66.7 Å². The molecule has 204 valence electrons. The minimum absolute atomic E-state index is 0.0769. The van der Waals surface area contributed by atoms with Gasteiger partial charge in [-0.25, -0.2) is 9.67 Å². The number of aromatic nitrogens is 3. The van der Waals surface area contributed by atoms with Crippen molar-refractivity contribution in [3.05, 3.63) is 125 Å². The number of hydrogen-bond donors (Lipinski definition) is 3. The van der Waals surface area contributed by atoms with Gasteiger partial charge in [0.2, 0.25) is 5.91 Å². The number of carbonyl (C=O) groups is 2. The molecule has 2 amide bonds. The average Bonchev–Trinajstić information content (AvgIpc) is 3.21. The monoisotopic (exact) mass is 544 g/mol. The number of carbonyl (C=O) groups excluding carboxylic acids is 2. The molecule has 41 heavy (non-hydrogen) atoms. The normalized spacial score (nSPS) is 10.7.